The standard InChI is InChI=1S/C19H17N5OS2/c1-12-7-8-14-16(9-12)27-18(21-14)22-17(25)10-26-19-23-20-11-24(19)15-6-4-3-5-13(15)2/h3-9,11H,10H2,1-2H3,(H,21,22,25). The molecule has 4 rings (SSSR count). The highest BCUT2D eigenvalue weighted by molar-refractivity contribution is 7.99. The lowest BCUT2D eigenvalue weighted by Crippen LogP contribution is -2.14. The maximum absolute atomic E-state index is 12.3. The Kier molecular flexibility index (Phi) is 4.91. The van der Waals surface area contributed by atoms with Gasteiger partial charge in [0.25, 0.3) is 0 Å². The second kappa shape index (κ2) is 7.50. The van der Waals surface area contributed by atoms with Gasteiger partial charge in [-0.2, -0.15) is 0 Å². The number of anilines is 1. The number of thioether (sulfide) groups is 1. The number of nitrogens with zero attached hydrogens (tertiary/aromatic N) is 4. The molecule has 6 nitrogen and oxygen atoms in total. The number of thiazole rings is 1. The van der Waals surface area contributed by atoms with Crippen molar-refractivity contribution in [2.75, 3.05) is 11.1 Å². The normalized spacial score (nSPS) is 11.0. The first-order chi connectivity index (χ1) is 13.1. The number of hydrogen-bond acceptors (Lipinski definition) is 6. The molecule has 0 saturated carbocycles. The SMILES string of the molecule is Cc1ccc2nc(NC(=O)CSc3nncn3-c3ccccc3C)sc2c1. The molecule has 0 aliphatic carbocycles. The lowest BCUT2D eigenvalue weighted by atomic mass is 10.2. The predicted molar refractivity (Wildman–Crippen MR) is 110 cm³/mol. The van der Waals surface area contributed by atoms with Crippen molar-refractivity contribution in [3.8, 4) is 5.69 Å². The molecule has 136 valence electrons. The molecule has 0 bridgehead atoms. The molecular weight excluding hydrogens is 378 g/mol. The van der Waals surface area contributed by atoms with Crippen LogP contribution in [0.4, 0.5) is 5.13 Å². The van der Waals surface area contributed by atoms with E-state index in [9.17, 15) is 4.79 Å². The summed E-state index contributed by atoms with van der Waals surface area (Å²) in [5.41, 5.74) is 4.20. The maximum atomic E-state index is 12.3. The quantitative estimate of drug-likeness (QED) is 0.512. The Balaban J connectivity index is 1.44. The zero-order chi connectivity index (χ0) is 18.8. The number of carbonyl (C=O) groups excluding carboxylic acids is 1. The first-order valence-electron chi connectivity index (χ1n) is 8.36. The van der Waals surface area contributed by atoms with E-state index in [2.05, 4.69) is 26.6 Å². The molecule has 27 heavy (non-hydrogen) atoms. The first-order valence-corrected chi connectivity index (χ1v) is 10.2. The molecule has 0 fully saturated rings. The summed E-state index contributed by atoms with van der Waals surface area (Å²) in [6.07, 6.45) is 1.67. The molecule has 0 aliphatic heterocycles. The molecule has 0 unspecified atom stereocenters. The molecule has 0 spiro atoms. The van der Waals surface area contributed by atoms with Crippen LogP contribution in [0.5, 0.6) is 0 Å². The molecule has 1 amide bonds. The van der Waals surface area contributed by atoms with Crippen molar-refractivity contribution in [2.45, 2.75) is 19.0 Å². The number of benzene rings is 2. The Morgan fingerprint density at radius 2 is 2.07 bits per heavy atom. The lowest BCUT2D eigenvalue weighted by molar-refractivity contribution is -0.113. The van der Waals surface area contributed by atoms with Gasteiger partial charge in [0, 0.05) is 0 Å². The predicted octanol–water partition coefficient (Wildman–Crippen LogP) is 4.22. The van der Waals surface area contributed by atoms with Crippen LogP contribution in [0.25, 0.3) is 15.9 Å². The van der Waals surface area contributed by atoms with Crippen LogP contribution in [0.3, 0.4) is 0 Å². The lowest BCUT2D eigenvalue weighted by Gasteiger charge is -2.08. The monoisotopic (exact) mass is 395 g/mol. The van der Waals surface area contributed by atoms with E-state index in [0.717, 1.165) is 21.5 Å². The van der Waals surface area contributed by atoms with Gasteiger partial charge in [0.05, 0.1) is 21.7 Å². The topological polar surface area (TPSA) is 72.7 Å². The average molecular weight is 396 g/mol. The fourth-order valence-corrected chi connectivity index (χ4v) is 4.39. The molecule has 0 atom stereocenters. The number of hydrogen-bond donors (Lipinski definition) is 1. The van der Waals surface area contributed by atoms with Crippen molar-refractivity contribution in [1.82, 2.24) is 19.7 Å². The van der Waals surface area contributed by atoms with Crippen molar-refractivity contribution < 1.29 is 4.79 Å². The van der Waals surface area contributed by atoms with Crippen LogP contribution in [0, 0.1) is 13.8 Å². The van der Waals surface area contributed by atoms with Crippen LogP contribution < -0.4 is 5.32 Å². The van der Waals surface area contributed by atoms with E-state index in [1.807, 2.05) is 54.8 Å². The van der Waals surface area contributed by atoms with E-state index in [4.69, 9.17) is 0 Å². The number of nitrogens with one attached hydrogen (secondary N) is 1. The molecule has 2 heterocycles. The number of carbonyl (C=O) groups is 1. The largest absolute Gasteiger partial charge is 0.301 e. The average Bonchev–Trinajstić information content (AvgIpc) is 3.26. The zero-order valence-electron chi connectivity index (χ0n) is 14.8. The van der Waals surface area contributed by atoms with Crippen molar-refractivity contribution in [3.05, 3.63) is 59.9 Å². The first kappa shape index (κ1) is 17.7. The Morgan fingerprint density at radius 1 is 1.22 bits per heavy atom. The van der Waals surface area contributed by atoms with Crippen LogP contribution in [0.1, 0.15) is 11.1 Å². The van der Waals surface area contributed by atoms with E-state index < -0.39 is 0 Å². The summed E-state index contributed by atoms with van der Waals surface area (Å²) in [4.78, 5) is 16.8. The molecule has 4 aromatic rings. The summed E-state index contributed by atoms with van der Waals surface area (Å²) >= 11 is 2.83. The zero-order valence-corrected chi connectivity index (χ0v) is 16.5. The van der Waals surface area contributed by atoms with E-state index >= 15 is 0 Å². The van der Waals surface area contributed by atoms with E-state index in [1.54, 1.807) is 6.33 Å². The molecule has 8 heteroatoms. The summed E-state index contributed by atoms with van der Waals surface area (Å²) in [6.45, 7) is 4.07. The number of para-hydroxylation sites is 1. The second-order valence-corrected chi connectivity index (χ2v) is 8.07. The summed E-state index contributed by atoms with van der Waals surface area (Å²) in [5.74, 6) is 0.120. The van der Waals surface area contributed by atoms with E-state index in [-0.39, 0.29) is 11.7 Å². The van der Waals surface area contributed by atoms with Gasteiger partial charge in [-0.1, -0.05) is 47.4 Å². The van der Waals surface area contributed by atoms with Crippen LogP contribution in [0.15, 0.2) is 53.9 Å². The number of fused-ring (bicyclic) bond motifs is 1. The summed E-state index contributed by atoms with van der Waals surface area (Å²) in [5, 5.41) is 12.3. The van der Waals surface area contributed by atoms with Gasteiger partial charge in [-0.25, -0.2) is 4.98 Å². The molecule has 0 radical (unpaired) electrons. The van der Waals surface area contributed by atoms with Gasteiger partial charge in [-0.3, -0.25) is 9.36 Å². The third-order valence-corrected chi connectivity index (χ3v) is 5.89. The summed E-state index contributed by atoms with van der Waals surface area (Å²) in [7, 11) is 0. The van der Waals surface area contributed by atoms with E-state index in [1.165, 1.54) is 28.7 Å². The van der Waals surface area contributed by atoms with Gasteiger partial charge in [-0.15, -0.1) is 10.2 Å². The van der Waals surface area contributed by atoms with Gasteiger partial charge in [-0.05, 0) is 43.2 Å². The molecular formula is C19H17N5OS2. The fraction of sp³-hybridized carbons (Fsp3) is 0.158. The second-order valence-electron chi connectivity index (χ2n) is 6.10. The molecule has 0 aliphatic rings. The molecule has 2 aromatic carbocycles. The minimum Gasteiger partial charge on any atom is -0.301 e. The van der Waals surface area contributed by atoms with Crippen molar-refractivity contribution in [2.24, 2.45) is 0 Å². The minimum absolute atomic E-state index is 0.116. The van der Waals surface area contributed by atoms with Crippen LogP contribution in [-0.2, 0) is 4.79 Å². The van der Waals surface area contributed by atoms with Crippen LogP contribution in [0.2, 0.25) is 0 Å². The van der Waals surface area contributed by atoms with Crippen molar-refractivity contribution in [3.63, 3.8) is 0 Å². The van der Waals surface area contributed by atoms with Crippen molar-refractivity contribution in [1.29, 1.82) is 0 Å². The van der Waals surface area contributed by atoms with Gasteiger partial charge >= 0.3 is 0 Å². The molecule has 1 N–H and O–H groups in total. The number of amides is 1. The minimum atomic E-state index is -0.116. The Morgan fingerprint density at radius 3 is 2.93 bits per heavy atom. The maximum Gasteiger partial charge on any atom is 0.236 e. The third-order valence-electron chi connectivity index (χ3n) is 4.01. The van der Waals surface area contributed by atoms with Crippen molar-refractivity contribution >= 4 is 44.4 Å². The number of rotatable bonds is 5. The van der Waals surface area contributed by atoms with E-state index in [0.29, 0.717) is 10.3 Å². The Bertz CT molecular complexity index is 1120. The van der Waals surface area contributed by atoms with Gasteiger partial charge in [0.1, 0.15) is 6.33 Å². The summed E-state index contributed by atoms with van der Waals surface area (Å²) in [6, 6.07) is 14.1. The number of aryl methyl sites for hydroxylation is 2. The Labute approximate surface area is 164 Å². The Hall–Kier alpha value is -2.71. The smallest absolute Gasteiger partial charge is 0.236 e. The van der Waals surface area contributed by atoms with Crippen LogP contribution in [-0.4, -0.2) is 31.4 Å². The van der Waals surface area contributed by atoms with Crippen LogP contribution >= 0.6 is 23.1 Å². The third kappa shape index (κ3) is 3.86. The molecule has 2 aromatic heterocycles. The highest BCUT2D eigenvalue weighted by Crippen LogP contribution is 2.27. The highest BCUT2D eigenvalue weighted by Gasteiger charge is 2.13. The van der Waals surface area contributed by atoms with Gasteiger partial charge < -0.3 is 5.32 Å². The fourth-order valence-electron chi connectivity index (χ4n) is 2.69. The van der Waals surface area contributed by atoms with Gasteiger partial charge in [0.15, 0.2) is 10.3 Å². The molecule has 0 saturated heterocycles. The highest BCUT2D eigenvalue weighted by atomic mass is 32.2. The van der Waals surface area contributed by atoms with Gasteiger partial charge in [0.2, 0.25) is 5.91 Å². The summed E-state index contributed by atoms with van der Waals surface area (Å²) < 4.78 is 2.96. The number of aromatic nitrogens is 4.